The summed E-state index contributed by atoms with van der Waals surface area (Å²) in [5.41, 5.74) is 1.93. The van der Waals surface area contributed by atoms with Gasteiger partial charge in [0.2, 0.25) is 0 Å². The second kappa shape index (κ2) is 8.73. The molecule has 0 bridgehead atoms. The lowest BCUT2D eigenvalue weighted by Crippen LogP contribution is -2.05. The Balaban J connectivity index is 1.53. The number of aromatic nitrogens is 3. The zero-order valence-corrected chi connectivity index (χ0v) is 18.2. The zero-order valence-electron chi connectivity index (χ0n) is 16.6. The van der Waals surface area contributed by atoms with E-state index in [0.717, 1.165) is 11.0 Å². The first kappa shape index (κ1) is 20.8. The molecule has 7 nitrogen and oxygen atoms in total. The van der Waals surface area contributed by atoms with Crippen LogP contribution in [0.5, 0.6) is 17.4 Å². The summed E-state index contributed by atoms with van der Waals surface area (Å²) in [4.78, 5) is 20.2. The number of hydrogen-bond donors (Lipinski definition) is 0. The average molecular weight is 486 g/mol. The van der Waals surface area contributed by atoms with Gasteiger partial charge >= 0.3 is 5.97 Å². The molecule has 0 saturated heterocycles. The van der Waals surface area contributed by atoms with Gasteiger partial charge in [-0.25, -0.2) is 19.2 Å². The number of ether oxygens (including phenoxy) is 3. The third kappa shape index (κ3) is 4.51. The molecule has 2 heterocycles. The highest BCUT2D eigenvalue weighted by Gasteiger charge is 2.13. The smallest absolute Gasteiger partial charge is 0.337 e. The zero-order chi connectivity index (χ0) is 22.0. The Morgan fingerprint density at radius 1 is 1.16 bits per heavy atom. The lowest BCUT2D eigenvalue weighted by molar-refractivity contribution is 0.0600. The number of hydrogen-bond acceptors (Lipinski definition) is 6. The van der Waals surface area contributed by atoms with Gasteiger partial charge in [0, 0.05) is 23.8 Å². The van der Waals surface area contributed by atoms with Crippen molar-refractivity contribution in [2.75, 3.05) is 7.11 Å². The summed E-state index contributed by atoms with van der Waals surface area (Å²) in [6.07, 6.45) is 1.46. The van der Waals surface area contributed by atoms with Gasteiger partial charge in [-0.1, -0.05) is 6.07 Å². The Morgan fingerprint density at radius 3 is 2.77 bits per heavy atom. The second-order valence-electron chi connectivity index (χ2n) is 6.59. The minimum Gasteiger partial charge on any atom is -0.486 e. The quantitative estimate of drug-likeness (QED) is 0.356. The monoisotopic (exact) mass is 485 g/mol. The molecule has 158 valence electrons. The molecule has 9 heteroatoms. The number of nitrogens with zero attached hydrogens (tertiary/aromatic N) is 3. The van der Waals surface area contributed by atoms with Crippen LogP contribution in [0.15, 0.2) is 59.2 Å². The van der Waals surface area contributed by atoms with Gasteiger partial charge in [-0.2, -0.15) is 0 Å². The highest BCUT2D eigenvalue weighted by molar-refractivity contribution is 9.10. The van der Waals surface area contributed by atoms with Crippen molar-refractivity contribution < 1.29 is 23.4 Å². The van der Waals surface area contributed by atoms with Gasteiger partial charge in [-0.3, -0.25) is 0 Å². The molecule has 0 atom stereocenters. The fourth-order valence-corrected chi connectivity index (χ4v) is 3.28. The van der Waals surface area contributed by atoms with Gasteiger partial charge < -0.3 is 18.8 Å². The number of carbonyl (C=O) groups excluding carboxylic acids is 1. The molecule has 0 saturated carbocycles. The van der Waals surface area contributed by atoms with E-state index in [2.05, 4.69) is 25.9 Å². The maximum absolute atomic E-state index is 14.0. The Morgan fingerprint density at radius 2 is 2.00 bits per heavy atom. The van der Waals surface area contributed by atoms with Crippen LogP contribution in [-0.2, 0) is 18.4 Å². The van der Waals surface area contributed by atoms with Crippen LogP contribution in [0.3, 0.4) is 0 Å². The van der Waals surface area contributed by atoms with Gasteiger partial charge in [0.05, 0.1) is 23.7 Å². The molecule has 0 aliphatic rings. The van der Waals surface area contributed by atoms with Crippen molar-refractivity contribution in [3.05, 3.63) is 76.4 Å². The Kier molecular flexibility index (Phi) is 5.85. The van der Waals surface area contributed by atoms with Crippen LogP contribution in [0.2, 0.25) is 0 Å². The molecule has 0 aliphatic heterocycles. The summed E-state index contributed by atoms with van der Waals surface area (Å²) in [6, 6.07) is 13.3. The van der Waals surface area contributed by atoms with E-state index in [0.29, 0.717) is 27.4 Å². The second-order valence-corrected chi connectivity index (χ2v) is 7.50. The number of imidazole rings is 1. The maximum Gasteiger partial charge on any atom is 0.337 e. The topological polar surface area (TPSA) is 75.5 Å². The van der Waals surface area contributed by atoms with Crippen LogP contribution in [-0.4, -0.2) is 27.6 Å². The van der Waals surface area contributed by atoms with Gasteiger partial charge in [-0.15, -0.1) is 0 Å². The van der Waals surface area contributed by atoms with Crippen LogP contribution in [0, 0.1) is 5.82 Å². The summed E-state index contributed by atoms with van der Waals surface area (Å²) in [5.74, 6) is 0.515. The fraction of sp³-hybridized carbons (Fsp3) is 0.136. The first-order valence-corrected chi connectivity index (χ1v) is 9.99. The molecule has 31 heavy (non-hydrogen) atoms. The molecule has 0 radical (unpaired) electrons. The van der Waals surface area contributed by atoms with Crippen LogP contribution in [0.4, 0.5) is 4.39 Å². The molecule has 0 aliphatic carbocycles. The normalized spacial score (nSPS) is 10.8. The van der Waals surface area contributed by atoms with Crippen LogP contribution < -0.4 is 9.47 Å². The number of aryl methyl sites for hydroxylation is 1. The summed E-state index contributed by atoms with van der Waals surface area (Å²) in [5, 5.41) is 0. The Bertz CT molecular complexity index is 1280. The number of halogens is 2. The number of pyridine rings is 1. The van der Waals surface area contributed by atoms with E-state index in [1.807, 2.05) is 11.6 Å². The fourth-order valence-electron chi connectivity index (χ4n) is 2.98. The number of benzene rings is 2. The van der Waals surface area contributed by atoms with Gasteiger partial charge in [-0.05, 0) is 52.3 Å². The lowest BCUT2D eigenvalue weighted by Gasteiger charge is -2.08. The molecule has 4 aromatic rings. The number of rotatable bonds is 6. The largest absolute Gasteiger partial charge is 0.486 e. The highest BCUT2D eigenvalue weighted by atomic mass is 79.9. The molecule has 0 fully saturated rings. The minimum absolute atomic E-state index is 0.112. The molecule has 4 rings (SSSR count). The summed E-state index contributed by atoms with van der Waals surface area (Å²) >= 11 is 3.17. The van der Waals surface area contributed by atoms with Crippen LogP contribution in [0.1, 0.15) is 16.2 Å². The predicted octanol–water partition coefficient (Wildman–Crippen LogP) is 5.03. The Hall–Kier alpha value is -3.46. The van der Waals surface area contributed by atoms with E-state index < -0.39 is 11.8 Å². The van der Waals surface area contributed by atoms with Crippen molar-refractivity contribution in [2.45, 2.75) is 6.61 Å². The minimum atomic E-state index is -0.567. The van der Waals surface area contributed by atoms with E-state index in [4.69, 9.17) is 14.2 Å². The van der Waals surface area contributed by atoms with Crippen molar-refractivity contribution >= 4 is 32.9 Å². The van der Waals surface area contributed by atoms with E-state index in [1.54, 1.807) is 42.5 Å². The molecule has 0 N–H and O–H groups in total. The van der Waals surface area contributed by atoms with Gasteiger partial charge in [0.1, 0.15) is 23.9 Å². The molecule has 0 spiro atoms. The predicted molar refractivity (Wildman–Crippen MR) is 115 cm³/mol. The molecular weight excluding hydrogens is 469 g/mol. The summed E-state index contributed by atoms with van der Waals surface area (Å²) < 4.78 is 32.5. The van der Waals surface area contributed by atoms with Gasteiger partial charge in [0.15, 0.2) is 5.82 Å². The average Bonchev–Trinajstić information content (AvgIpc) is 3.09. The number of methoxy groups -OCH3 is 1. The maximum atomic E-state index is 14.0. The SMILES string of the molecule is COC(=O)c1cccc(OCc2nc3ccc(Oc4ncc(Br)cc4F)cc3n2C)c1. The van der Waals surface area contributed by atoms with E-state index in [1.165, 1.54) is 19.4 Å². The highest BCUT2D eigenvalue weighted by Crippen LogP contribution is 2.28. The van der Waals surface area contributed by atoms with Crippen molar-refractivity contribution in [1.82, 2.24) is 14.5 Å². The molecule has 0 amide bonds. The van der Waals surface area contributed by atoms with Crippen LogP contribution in [0.25, 0.3) is 11.0 Å². The number of esters is 1. The Labute approximate surface area is 185 Å². The number of fused-ring (bicyclic) bond motifs is 1. The van der Waals surface area contributed by atoms with Gasteiger partial charge in [0.25, 0.3) is 5.88 Å². The standard InChI is InChI=1S/C22H17BrFN3O4/c1-27-19-10-16(31-21-17(24)9-14(23)11-25-21)6-7-18(19)26-20(27)12-30-15-5-3-4-13(8-15)22(28)29-2/h3-11H,12H2,1-2H3. The third-order valence-corrected chi connectivity index (χ3v) is 4.99. The van der Waals surface area contributed by atoms with Crippen molar-refractivity contribution in [2.24, 2.45) is 7.05 Å². The third-order valence-electron chi connectivity index (χ3n) is 4.56. The van der Waals surface area contributed by atoms with Crippen molar-refractivity contribution in [1.29, 1.82) is 0 Å². The van der Waals surface area contributed by atoms with Crippen LogP contribution >= 0.6 is 15.9 Å². The number of carbonyl (C=O) groups is 1. The summed E-state index contributed by atoms with van der Waals surface area (Å²) in [6.45, 7) is 0.189. The molecule has 2 aromatic carbocycles. The first-order valence-electron chi connectivity index (χ1n) is 9.20. The van der Waals surface area contributed by atoms with E-state index in [9.17, 15) is 9.18 Å². The molecular formula is C22H17BrFN3O4. The molecule has 0 unspecified atom stereocenters. The van der Waals surface area contributed by atoms with Crippen molar-refractivity contribution in [3.63, 3.8) is 0 Å². The van der Waals surface area contributed by atoms with Crippen molar-refractivity contribution in [3.8, 4) is 17.4 Å². The molecule has 2 aromatic heterocycles. The summed E-state index contributed by atoms with van der Waals surface area (Å²) in [7, 11) is 3.18. The lowest BCUT2D eigenvalue weighted by atomic mass is 10.2. The van der Waals surface area contributed by atoms with E-state index in [-0.39, 0.29) is 12.5 Å². The van der Waals surface area contributed by atoms with E-state index >= 15 is 0 Å². The first-order chi connectivity index (χ1) is 14.9.